The number of fused-ring (bicyclic) bond motifs is 4. The van der Waals surface area contributed by atoms with Crippen LogP contribution in [0.3, 0.4) is 0 Å². The van der Waals surface area contributed by atoms with Gasteiger partial charge in [-0.2, -0.15) is 0 Å². The molecule has 0 aliphatic carbocycles. The standard InChI is InChI=1S/C78H56N2/c1-5-15-57(16-6-1)27-31-61-35-43-71(44-36-61)79(72-45-37-62(38-46-72)32-28-58-17-7-2-8-18-58)77-25-13-23-65-51-67-54-70-56-76-66(52-68(70)53-69(67)55-75(65)77)24-14-26-78(76)80(73-47-39-63(40-48-73)33-29-59-19-9-3-10-20-59)74-49-41-64(42-50-74)34-30-60-21-11-4-12-22-60/h1-56H. The van der Waals surface area contributed by atoms with Crippen molar-refractivity contribution in [1.82, 2.24) is 0 Å². The molecule has 13 aromatic carbocycles. The van der Waals surface area contributed by atoms with Crippen LogP contribution >= 0.6 is 0 Å². The number of anilines is 6. The zero-order chi connectivity index (χ0) is 53.5. The Kier molecular flexibility index (Phi) is 13.8. The van der Waals surface area contributed by atoms with Crippen molar-refractivity contribution in [3.05, 3.63) is 336 Å². The van der Waals surface area contributed by atoms with Crippen LogP contribution in [0, 0.1) is 0 Å². The van der Waals surface area contributed by atoms with Crippen molar-refractivity contribution < 1.29 is 0 Å². The van der Waals surface area contributed by atoms with E-state index < -0.39 is 0 Å². The Morgan fingerprint density at radius 3 is 0.662 bits per heavy atom. The van der Waals surface area contributed by atoms with E-state index in [1.807, 2.05) is 0 Å². The van der Waals surface area contributed by atoms with E-state index in [0.29, 0.717) is 0 Å². The first-order valence-corrected chi connectivity index (χ1v) is 27.4. The van der Waals surface area contributed by atoms with E-state index >= 15 is 0 Å². The summed E-state index contributed by atoms with van der Waals surface area (Å²) in [7, 11) is 0. The fourth-order valence-electron chi connectivity index (χ4n) is 10.7. The molecular formula is C78H56N2. The Morgan fingerprint density at radius 2 is 0.400 bits per heavy atom. The summed E-state index contributed by atoms with van der Waals surface area (Å²) in [5.41, 5.74) is 15.9. The van der Waals surface area contributed by atoms with Crippen LogP contribution in [0.15, 0.2) is 291 Å². The summed E-state index contributed by atoms with van der Waals surface area (Å²) < 4.78 is 0. The van der Waals surface area contributed by atoms with E-state index in [4.69, 9.17) is 0 Å². The first-order chi connectivity index (χ1) is 39.6. The highest BCUT2D eigenvalue weighted by molar-refractivity contribution is 6.13. The second-order valence-electron chi connectivity index (χ2n) is 20.3. The molecule has 0 aromatic heterocycles. The molecule has 2 heteroatoms. The van der Waals surface area contributed by atoms with Crippen molar-refractivity contribution in [3.63, 3.8) is 0 Å². The molecule has 2 nitrogen and oxygen atoms in total. The molecule has 13 rings (SSSR count). The van der Waals surface area contributed by atoms with Gasteiger partial charge in [0.2, 0.25) is 0 Å². The highest BCUT2D eigenvalue weighted by Gasteiger charge is 2.19. The molecular weight excluding hydrogens is 965 g/mol. The second kappa shape index (κ2) is 22.6. The lowest BCUT2D eigenvalue weighted by Crippen LogP contribution is -2.10. The summed E-state index contributed by atoms with van der Waals surface area (Å²) in [6, 6.07) is 105. The molecule has 0 unspecified atom stereocenters. The lowest BCUT2D eigenvalue weighted by atomic mass is 9.96. The number of rotatable bonds is 14. The Bertz CT molecular complexity index is 3910. The molecule has 0 fully saturated rings. The van der Waals surface area contributed by atoms with E-state index in [1.165, 1.54) is 65.3 Å². The summed E-state index contributed by atoms with van der Waals surface area (Å²) in [4.78, 5) is 4.80. The van der Waals surface area contributed by atoms with Gasteiger partial charge < -0.3 is 9.80 Å². The van der Waals surface area contributed by atoms with Crippen LogP contribution < -0.4 is 9.80 Å². The molecule has 378 valence electrons. The number of hydrogen-bond acceptors (Lipinski definition) is 2. The third-order valence-electron chi connectivity index (χ3n) is 14.9. The minimum absolute atomic E-state index is 1.09. The van der Waals surface area contributed by atoms with Gasteiger partial charge in [0.05, 0.1) is 11.4 Å². The summed E-state index contributed by atoms with van der Waals surface area (Å²) in [6.07, 6.45) is 17.4. The van der Waals surface area contributed by atoms with Crippen LogP contribution in [0.2, 0.25) is 0 Å². The maximum absolute atomic E-state index is 2.40. The molecule has 0 radical (unpaired) electrons. The largest absolute Gasteiger partial charge is 0.310 e. The molecule has 0 saturated heterocycles. The first kappa shape index (κ1) is 49.1. The fourth-order valence-corrected chi connectivity index (χ4v) is 10.7. The fraction of sp³-hybridized carbons (Fsp3) is 0. The van der Waals surface area contributed by atoms with Gasteiger partial charge in [0.15, 0.2) is 0 Å². The first-order valence-electron chi connectivity index (χ1n) is 27.4. The molecule has 0 heterocycles. The molecule has 0 bridgehead atoms. The Balaban J connectivity index is 0.882. The number of nitrogens with zero attached hydrogens (tertiary/aromatic N) is 2. The molecule has 13 aromatic rings. The third-order valence-corrected chi connectivity index (χ3v) is 14.9. The minimum Gasteiger partial charge on any atom is -0.310 e. The molecule has 0 atom stereocenters. The van der Waals surface area contributed by atoms with Gasteiger partial charge in [0, 0.05) is 33.5 Å². The highest BCUT2D eigenvalue weighted by Crippen LogP contribution is 2.44. The third kappa shape index (κ3) is 10.9. The normalized spacial score (nSPS) is 11.8. The molecule has 0 aliphatic rings. The minimum atomic E-state index is 1.09. The van der Waals surface area contributed by atoms with Gasteiger partial charge in [-0.15, -0.1) is 0 Å². The van der Waals surface area contributed by atoms with Gasteiger partial charge in [-0.1, -0.05) is 243 Å². The average Bonchev–Trinajstić information content (AvgIpc) is 3.69. The highest BCUT2D eigenvalue weighted by atomic mass is 15.1. The maximum atomic E-state index is 2.40. The van der Waals surface area contributed by atoms with Crippen LogP contribution in [0.4, 0.5) is 34.1 Å². The predicted octanol–water partition coefficient (Wildman–Crippen LogP) is 21.9. The van der Waals surface area contributed by atoms with Crippen molar-refractivity contribution in [3.8, 4) is 0 Å². The van der Waals surface area contributed by atoms with Crippen LogP contribution in [0.5, 0.6) is 0 Å². The zero-order valence-corrected chi connectivity index (χ0v) is 44.2. The summed E-state index contributed by atoms with van der Waals surface area (Å²) in [6.45, 7) is 0. The summed E-state index contributed by atoms with van der Waals surface area (Å²) >= 11 is 0. The van der Waals surface area contributed by atoms with E-state index in [9.17, 15) is 0 Å². The topological polar surface area (TPSA) is 6.48 Å². The molecule has 0 saturated carbocycles. The van der Waals surface area contributed by atoms with Crippen molar-refractivity contribution in [1.29, 1.82) is 0 Å². The molecule has 80 heavy (non-hydrogen) atoms. The predicted molar refractivity (Wildman–Crippen MR) is 347 cm³/mol. The number of hydrogen-bond donors (Lipinski definition) is 0. The van der Waals surface area contributed by atoms with E-state index in [1.54, 1.807) is 0 Å². The quantitative estimate of drug-likeness (QED) is 0.0791. The van der Waals surface area contributed by atoms with Crippen molar-refractivity contribution >= 4 is 126 Å². The molecule has 0 N–H and O–H groups in total. The van der Waals surface area contributed by atoms with Crippen LogP contribution in [-0.2, 0) is 0 Å². The Hall–Kier alpha value is -10.5. The zero-order valence-electron chi connectivity index (χ0n) is 44.2. The van der Waals surface area contributed by atoms with Crippen LogP contribution in [0.25, 0.3) is 91.7 Å². The van der Waals surface area contributed by atoms with Crippen molar-refractivity contribution in [2.45, 2.75) is 0 Å². The monoisotopic (exact) mass is 1020 g/mol. The van der Waals surface area contributed by atoms with Gasteiger partial charge in [0.1, 0.15) is 0 Å². The Labute approximate surface area is 468 Å². The van der Waals surface area contributed by atoms with Gasteiger partial charge in [0.25, 0.3) is 0 Å². The second-order valence-corrected chi connectivity index (χ2v) is 20.3. The van der Waals surface area contributed by atoms with Gasteiger partial charge in [-0.25, -0.2) is 0 Å². The van der Waals surface area contributed by atoms with Gasteiger partial charge in [-0.3, -0.25) is 0 Å². The molecule has 0 spiro atoms. The van der Waals surface area contributed by atoms with Gasteiger partial charge in [-0.05, 0) is 174 Å². The van der Waals surface area contributed by atoms with Crippen molar-refractivity contribution in [2.75, 3.05) is 9.80 Å². The van der Waals surface area contributed by atoms with E-state index in [0.717, 1.165) is 56.4 Å². The molecule has 0 amide bonds. The Morgan fingerprint density at radius 1 is 0.175 bits per heavy atom. The number of benzene rings is 13. The summed E-state index contributed by atoms with van der Waals surface area (Å²) in [5, 5.41) is 9.52. The summed E-state index contributed by atoms with van der Waals surface area (Å²) in [5.74, 6) is 0. The van der Waals surface area contributed by atoms with Gasteiger partial charge >= 0.3 is 0 Å². The SMILES string of the molecule is C(=Cc1ccc(N(c2ccc(C=Cc3ccccc3)cc2)c2cccc3cc4cc5cc6c(N(c7ccc(C=Cc8ccccc8)cc7)c7ccc(C=Cc8ccccc8)cc7)cccc6cc5cc4cc23)cc1)c1ccccc1. The average molecular weight is 1020 g/mol. The smallest absolute Gasteiger partial charge is 0.0540 e. The lowest BCUT2D eigenvalue weighted by molar-refractivity contribution is 1.29. The van der Waals surface area contributed by atoms with Crippen LogP contribution in [0.1, 0.15) is 44.5 Å². The van der Waals surface area contributed by atoms with Crippen LogP contribution in [-0.4, -0.2) is 0 Å². The maximum Gasteiger partial charge on any atom is 0.0540 e. The molecule has 0 aliphatic heterocycles. The van der Waals surface area contributed by atoms with Crippen molar-refractivity contribution in [2.24, 2.45) is 0 Å². The van der Waals surface area contributed by atoms with E-state index in [2.05, 4.69) is 350 Å². The lowest BCUT2D eigenvalue weighted by Gasteiger charge is -2.27. The van der Waals surface area contributed by atoms with E-state index in [-0.39, 0.29) is 0 Å².